The second kappa shape index (κ2) is 9.77. The van der Waals surface area contributed by atoms with Crippen LogP contribution in [0.3, 0.4) is 0 Å². The van der Waals surface area contributed by atoms with Gasteiger partial charge >= 0.3 is 0 Å². The third-order valence-corrected chi connectivity index (χ3v) is 5.15. The summed E-state index contributed by atoms with van der Waals surface area (Å²) in [7, 11) is 3.84. The molecule has 0 unspecified atom stereocenters. The van der Waals surface area contributed by atoms with Crippen molar-refractivity contribution in [1.82, 2.24) is 15.1 Å². The second-order valence-corrected chi connectivity index (χ2v) is 7.90. The van der Waals surface area contributed by atoms with E-state index in [0.29, 0.717) is 43.2 Å². The first kappa shape index (κ1) is 21.9. The lowest BCUT2D eigenvalue weighted by Gasteiger charge is -2.15. The zero-order chi connectivity index (χ0) is 21.7. The third-order valence-electron chi connectivity index (χ3n) is 4.84. The van der Waals surface area contributed by atoms with Crippen LogP contribution in [0.15, 0.2) is 41.0 Å². The average Bonchev–Trinajstić information content (AvgIpc) is 3.32. The van der Waals surface area contributed by atoms with Gasteiger partial charge in [0.25, 0.3) is 5.91 Å². The molecular formula is C21H25ClN4O4. The Kier molecular flexibility index (Phi) is 7.12. The predicted octanol–water partition coefficient (Wildman–Crippen LogP) is 2.21. The summed E-state index contributed by atoms with van der Waals surface area (Å²) in [6.07, 6.45) is 1.70. The molecule has 3 amide bonds. The van der Waals surface area contributed by atoms with Gasteiger partial charge in [-0.3, -0.25) is 14.4 Å². The number of likely N-dealkylation sites (N-methyl/N-ethyl adjacent to an activating group) is 1. The number of hydrogen-bond donors (Lipinski definition) is 2. The molecule has 2 aromatic rings. The van der Waals surface area contributed by atoms with Crippen LogP contribution in [0.4, 0.5) is 5.69 Å². The smallest absolute Gasteiger partial charge is 0.252 e. The lowest BCUT2D eigenvalue weighted by molar-refractivity contribution is -0.128. The van der Waals surface area contributed by atoms with Crippen LogP contribution in [0.1, 0.15) is 22.5 Å². The molecule has 1 aromatic carbocycles. The highest BCUT2D eigenvalue weighted by atomic mass is 35.5. The molecule has 8 nitrogen and oxygen atoms in total. The number of furan rings is 1. The molecule has 1 aliphatic rings. The summed E-state index contributed by atoms with van der Waals surface area (Å²) < 4.78 is 5.27. The molecule has 1 aliphatic heterocycles. The van der Waals surface area contributed by atoms with Crippen molar-refractivity contribution in [1.29, 1.82) is 0 Å². The minimum atomic E-state index is -0.458. The van der Waals surface area contributed by atoms with E-state index < -0.39 is 5.92 Å². The molecule has 1 fully saturated rings. The number of carbonyl (C=O) groups is 3. The van der Waals surface area contributed by atoms with E-state index in [1.807, 2.05) is 19.0 Å². The van der Waals surface area contributed by atoms with Gasteiger partial charge in [0.15, 0.2) is 0 Å². The number of rotatable bonds is 8. The largest absolute Gasteiger partial charge is 0.467 e. The number of hydrogen-bond acceptors (Lipinski definition) is 5. The molecule has 1 aromatic heterocycles. The SMILES string of the molecule is CN(C)CCNC(=O)c1ccc(NC(=O)[C@H]2CC(=O)N(Cc3ccco3)C2)cc1Cl. The molecular weight excluding hydrogens is 408 g/mol. The van der Waals surface area contributed by atoms with Gasteiger partial charge < -0.3 is 24.9 Å². The van der Waals surface area contributed by atoms with E-state index >= 15 is 0 Å². The molecule has 30 heavy (non-hydrogen) atoms. The fraction of sp³-hybridized carbons (Fsp3) is 0.381. The lowest BCUT2D eigenvalue weighted by Crippen LogP contribution is -2.31. The molecule has 1 saturated heterocycles. The Bertz CT molecular complexity index is 914. The molecule has 2 heterocycles. The van der Waals surface area contributed by atoms with Gasteiger partial charge in [0, 0.05) is 31.7 Å². The number of anilines is 1. The van der Waals surface area contributed by atoms with Crippen LogP contribution >= 0.6 is 11.6 Å². The van der Waals surface area contributed by atoms with Crippen molar-refractivity contribution in [2.75, 3.05) is 39.0 Å². The lowest BCUT2D eigenvalue weighted by atomic mass is 10.1. The van der Waals surface area contributed by atoms with Gasteiger partial charge in [-0.1, -0.05) is 11.6 Å². The fourth-order valence-corrected chi connectivity index (χ4v) is 3.47. The minimum Gasteiger partial charge on any atom is -0.467 e. The first-order valence-corrected chi connectivity index (χ1v) is 10.0. The van der Waals surface area contributed by atoms with E-state index in [0.717, 1.165) is 0 Å². The quantitative estimate of drug-likeness (QED) is 0.667. The monoisotopic (exact) mass is 432 g/mol. The zero-order valence-corrected chi connectivity index (χ0v) is 17.7. The Morgan fingerprint density at radius 2 is 2.10 bits per heavy atom. The molecule has 1 atom stereocenters. The zero-order valence-electron chi connectivity index (χ0n) is 17.0. The molecule has 0 spiro atoms. The van der Waals surface area contributed by atoms with Crippen LogP contribution in [-0.4, -0.2) is 61.3 Å². The van der Waals surface area contributed by atoms with Crippen molar-refractivity contribution in [3.8, 4) is 0 Å². The first-order chi connectivity index (χ1) is 14.3. The van der Waals surface area contributed by atoms with E-state index in [-0.39, 0.29) is 29.2 Å². The highest BCUT2D eigenvalue weighted by Crippen LogP contribution is 2.24. The van der Waals surface area contributed by atoms with Gasteiger partial charge in [-0.2, -0.15) is 0 Å². The van der Waals surface area contributed by atoms with Crippen molar-refractivity contribution < 1.29 is 18.8 Å². The van der Waals surface area contributed by atoms with E-state index in [1.165, 1.54) is 6.07 Å². The molecule has 2 N–H and O–H groups in total. The van der Waals surface area contributed by atoms with Gasteiger partial charge in [0.2, 0.25) is 11.8 Å². The number of carbonyl (C=O) groups excluding carboxylic acids is 3. The van der Waals surface area contributed by atoms with E-state index in [2.05, 4.69) is 10.6 Å². The molecule has 3 rings (SSSR count). The van der Waals surface area contributed by atoms with Gasteiger partial charge in [-0.25, -0.2) is 0 Å². The van der Waals surface area contributed by atoms with Crippen LogP contribution in [-0.2, 0) is 16.1 Å². The van der Waals surface area contributed by atoms with Crippen LogP contribution in [0.25, 0.3) is 0 Å². The Labute approximate surface area is 180 Å². The summed E-state index contributed by atoms with van der Waals surface area (Å²) in [6.45, 7) is 1.89. The minimum absolute atomic E-state index is 0.0886. The topological polar surface area (TPSA) is 94.9 Å². The number of benzene rings is 1. The Morgan fingerprint density at radius 3 is 2.77 bits per heavy atom. The number of amides is 3. The number of halogens is 1. The molecule has 0 bridgehead atoms. The van der Waals surface area contributed by atoms with Crippen molar-refractivity contribution in [3.05, 3.63) is 52.9 Å². The third kappa shape index (κ3) is 5.61. The van der Waals surface area contributed by atoms with Gasteiger partial charge in [0.1, 0.15) is 5.76 Å². The van der Waals surface area contributed by atoms with Gasteiger partial charge in [-0.15, -0.1) is 0 Å². The molecule has 160 valence electrons. The van der Waals surface area contributed by atoms with Crippen molar-refractivity contribution in [3.63, 3.8) is 0 Å². The van der Waals surface area contributed by atoms with Crippen LogP contribution in [0.5, 0.6) is 0 Å². The molecule has 0 aliphatic carbocycles. The maximum absolute atomic E-state index is 12.6. The van der Waals surface area contributed by atoms with Crippen molar-refractivity contribution >= 4 is 35.0 Å². The summed E-state index contributed by atoms with van der Waals surface area (Å²) in [6, 6.07) is 8.29. The van der Waals surface area contributed by atoms with E-state index in [1.54, 1.807) is 35.4 Å². The second-order valence-electron chi connectivity index (χ2n) is 7.50. The Hall–Kier alpha value is -2.84. The summed E-state index contributed by atoms with van der Waals surface area (Å²) in [5.74, 6) is -0.399. The number of likely N-dealkylation sites (tertiary alicyclic amines) is 1. The predicted molar refractivity (Wildman–Crippen MR) is 113 cm³/mol. The van der Waals surface area contributed by atoms with E-state index in [4.69, 9.17) is 16.0 Å². The average molecular weight is 433 g/mol. The normalized spacial score (nSPS) is 16.2. The molecule has 0 radical (unpaired) electrons. The van der Waals surface area contributed by atoms with Gasteiger partial charge in [0.05, 0.1) is 29.3 Å². The Balaban J connectivity index is 1.55. The molecule has 0 saturated carbocycles. The number of nitrogens with one attached hydrogen (secondary N) is 2. The number of nitrogens with zero attached hydrogens (tertiary/aromatic N) is 2. The fourth-order valence-electron chi connectivity index (χ4n) is 3.20. The molecule has 9 heteroatoms. The van der Waals surface area contributed by atoms with Crippen molar-refractivity contribution in [2.24, 2.45) is 5.92 Å². The standard InChI is InChI=1S/C21H25ClN4O4/c1-25(2)8-7-23-21(29)17-6-5-15(11-18(17)22)24-20(28)14-10-19(27)26(12-14)13-16-4-3-9-30-16/h3-6,9,11,14H,7-8,10,12-13H2,1-2H3,(H,23,29)(H,24,28)/t14-/m0/s1. The Morgan fingerprint density at radius 1 is 1.30 bits per heavy atom. The van der Waals surface area contributed by atoms with E-state index in [9.17, 15) is 14.4 Å². The van der Waals surface area contributed by atoms with Crippen molar-refractivity contribution in [2.45, 2.75) is 13.0 Å². The summed E-state index contributed by atoms with van der Waals surface area (Å²) in [4.78, 5) is 40.6. The summed E-state index contributed by atoms with van der Waals surface area (Å²) in [5.41, 5.74) is 0.820. The van der Waals surface area contributed by atoms with Crippen LogP contribution in [0, 0.1) is 5.92 Å². The highest BCUT2D eigenvalue weighted by molar-refractivity contribution is 6.34. The highest BCUT2D eigenvalue weighted by Gasteiger charge is 2.34. The summed E-state index contributed by atoms with van der Waals surface area (Å²) in [5, 5.41) is 5.83. The maximum Gasteiger partial charge on any atom is 0.252 e. The van der Waals surface area contributed by atoms with Gasteiger partial charge in [-0.05, 0) is 44.4 Å². The summed E-state index contributed by atoms with van der Waals surface area (Å²) >= 11 is 6.24. The van der Waals surface area contributed by atoms with Crippen LogP contribution in [0.2, 0.25) is 5.02 Å². The van der Waals surface area contributed by atoms with Crippen LogP contribution < -0.4 is 10.6 Å². The first-order valence-electron chi connectivity index (χ1n) is 9.67. The maximum atomic E-state index is 12.6.